The molecule has 0 amide bonds. The summed E-state index contributed by atoms with van der Waals surface area (Å²) in [5.41, 5.74) is 0.161. The number of primary sulfonamides is 1. The summed E-state index contributed by atoms with van der Waals surface area (Å²) in [5, 5.41) is 16.6. The number of nitrogens with two attached hydrogens (primary N) is 1. The Hall–Kier alpha value is -1.86. The van der Waals surface area contributed by atoms with Crippen LogP contribution in [-0.2, 0) is 14.8 Å². The monoisotopic (exact) mass is 270 g/mol. The molecule has 0 aliphatic carbocycles. The molecule has 0 saturated carbocycles. The van der Waals surface area contributed by atoms with Crippen molar-refractivity contribution >= 4 is 21.7 Å². The molecule has 1 unspecified atom stereocenters. The molecule has 0 saturated heterocycles. The van der Waals surface area contributed by atoms with Crippen LogP contribution in [0, 0.1) is 0 Å². The second-order valence-corrected chi connectivity index (χ2v) is 5.13. The largest absolute Gasteiger partial charge is 0.480 e. The molecule has 98 valence electrons. The zero-order valence-corrected chi connectivity index (χ0v) is 10.4. The lowest BCUT2D eigenvalue weighted by atomic mass is 10.2. The highest BCUT2D eigenvalue weighted by molar-refractivity contribution is 7.89. The molecule has 6 nitrogen and oxygen atoms in total. The summed E-state index contributed by atoms with van der Waals surface area (Å²) >= 11 is 0. The second-order valence-electron chi connectivity index (χ2n) is 3.60. The highest BCUT2D eigenvalue weighted by Gasteiger charge is 2.19. The van der Waals surface area contributed by atoms with Crippen molar-refractivity contribution in [1.29, 1.82) is 0 Å². The van der Waals surface area contributed by atoms with Gasteiger partial charge < -0.3 is 10.4 Å². The average Bonchev–Trinajstić information content (AvgIpc) is 2.27. The van der Waals surface area contributed by atoms with Gasteiger partial charge in [0.15, 0.2) is 0 Å². The van der Waals surface area contributed by atoms with Gasteiger partial charge in [0.05, 0.1) is 5.69 Å². The van der Waals surface area contributed by atoms with E-state index >= 15 is 0 Å². The lowest BCUT2D eigenvalue weighted by Gasteiger charge is -2.16. The first-order chi connectivity index (χ1) is 8.36. The molecule has 0 aliphatic heterocycles. The maximum Gasteiger partial charge on any atom is 0.326 e. The molecule has 0 aromatic heterocycles. The van der Waals surface area contributed by atoms with Gasteiger partial charge >= 0.3 is 5.97 Å². The van der Waals surface area contributed by atoms with Crippen molar-refractivity contribution in [3.8, 4) is 0 Å². The summed E-state index contributed by atoms with van der Waals surface area (Å²) in [6, 6.07) is 4.91. The van der Waals surface area contributed by atoms with Crippen molar-refractivity contribution in [1.82, 2.24) is 0 Å². The maximum atomic E-state index is 11.3. The number of rotatable bonds is 6. The van der Waals surface area contributed by atoms with E-state index in [1.165, 1.54) is 24.3 Å². The van der Waals surface area contributed by atoms with Crippen molar-refractivity contribution in [3.05, 3.63) is 36.9 Å². The van der Waals surface area contributed by atoms with Gasteiger partial charge in [-0.3, -0.25) is 0 Å². The Morgan fingerprint density at radius 2 is 2.11 bits per heavy atom. The van der Waals surface area contributed by atoms with E-state index in [2.05, 4.69) is 11.9 Å². The molecule has 1 aromatic carbocycles. The number of hydrogen-bond acceptors (Lipinski definition) is 4. The number of hydrogen-bond donors (Lipinski definition) is 3. The summed E-state index contributed by atoms with van der Waals surface area (Å²) in [6.07, 6.45) is 1.60. The second kappa shape index (κ2) is 5.65. The van der Waals surface area contributed by atoms with Crippen molar-refractivity contribution in [3.63, 3.8) is 0 Å². The van der Waals surface area contributed by atoms with E-state index in [9.17, 15) is 13.2 Å². The van der Waals surface area contributed by atoms with E-state index < -0.39 is 22.0 Å². The zero-order valence-electron chi connectivity index (χ0n) is 9.54. The minimum absolute atomic E-state index is 0.139. The van der Waals surface area contributed by atoms with Gasteiger partial charge in [-0.1, -0.05) is 18.2 Å². The van der Waals surface area contributed by atoms with Crippen LogP contribution >= 0.6 is 0 Å². The summed E-state index contributed by atoms with van der Waals surface area (Å²) in [6.45, 7) is 3.45. The number of sulfonamides is 1. The molecule has 0 aliphatic rings. The Labute approximate surface area is 105 Å². The van der Waals surface area contributed by atoms with Crippen LogP contribution in [0.3, 0.4) is 0 Å². The molecule has 0 bridgehead atoms. The Morgan fingerprint density at radius 1 is 1.50 bits per heavy atom. The number of carbonyl (C=O) groups is 1. The number of benzene rings is 1. The molecule has 4 N–H and O–H groups in total. The van der Waals surface area contributed by atoms with E-state index in [-0.39, 0.29) is 17.0 Å². The average molecular weight is 270 g/mol. The Kier molecular flexibility index (Phi) is 4.46. The number of aliphatic carboxylic acids is 1. The Balaban J connectivity index is 3.10. The topological polar surface area (TPSA) is 109 Å². The predicted molar refractivity (Wildman–Crippen MR) is 67.7 cm³/mol. The lowest BCUT2D eigenvalue weighted by Crippen LogP contribution is -2.29. The first-order valence-electron chi connectivity index (χ1n) is 5.08. The molecular formula is C11H14N2O4S. The molecule has 18 heavy (non-hydrogen) atoms. The summed E-state index contributed by atoms with van der Waals surface area (Å²) in [4.78, 5) is 10.8. The van der Waals surface area contributed by atoms with Gasteiger partial charge in [-0.25, -0.2) is 18.4 Å². The molecule has 0 spiro atoms. The maximum absolute atomic E-state index is 11.3. The van der Waals surface area contributed by atoms with E-state index in [1.54, 1.807) is 6.07 Å². The number of carboxylic acids is 1. The minimum Gasteiger partial charge on any atom is -0.480 e. The lowest BCUT2D eigenvalue weighted by molar-refractivity contribution is -0.137. The number of anilines is 1. The van der Waals surface area contributed by atoms with Crippen LogP contribution in [0.15, 0.2) is 41.8 Å². The molecule has 0 fully saturated rings. The van der Waals surface area contributed by atoms with Gasteiger partial charge in [-0.15, -0.1) is 6.58 Å². The van der Waals surface area contributed by atoms with Crippen molar-refractivity contribution in [2.24, 2.45) is 5.14 Å². The molecule has 0 radical (unpaired) electrons. The number of nitrogens with one attached hydrogen (secondary N) is 1. The van der Waals surface area contributed by atoms with Gasteiger partial charge in [0.1, 0.15) is 10.9 Å². The van der Waals surface area contributed by atoms with Crippen LogP contribution in [0.25, 0.3) is 0 Å². The van der Waals surface area contributed by atoms with E-state index in [0.717, 1.165) is 0 Å². The van der Waals surface area contributed by atoms with Crippen molar-refractivity contribution < 1.29 is 18.3 Å². The van der Waals surface area contributed by atoms with Gasteiger partial charge in [0, 0.05) is 0 Å². The third-order valence-corrected chi connectivity index (χ3v) is 3.19. The van der Waals surface area contributed by atoms with Crippen molar-refractivity contribution in [2.75, 3.05) is 5.32 Å². The summed E-state index contributed by atoms with van der Waals surface area (Å²) in [5.74, 6) is -1.10. The SMILES string of the molecule is C=CCC(Nc1ccccc1S(N)(=O)=O)C(=O)O. The third-order valence-electron chi connectivity index (χ3n) is 2.22. The predicted octanol–water partition coefficient (Wildman–Crippen LogP) is 0.775. The smallest absolute Gasteiger partial charge is 0.326 e. The minimum atomic E-state index is -3.90. The highest BCUT2D eigenvalue weighted by atomic mass is 32.2. The first-order valence-corrected chi connectivity index (χ1v) is 6.63. The normalized spacial score (nSPS) is 12.7. The van der Waals surface area contributed by atoms with Crippen LogP contribution in [0.4, 0.5) is 5.69 Å². The third kappa shape index (κ3) is 3.57. The molecule has 1 rings (SSSR count). The van der Waals surface area contributed by atoms with Gasteiger partial charge in [-0.05, 0) is 18.6 Å². The van der Waals surface area contributed by atoms with Crippen LogP contribution in [0.2, 0.25) is 0 Å². The fourth-order valence-corrected chi connectivity index (χ4v) is 2.11. The molecule has 1 atom stereocenters. The van der Waals surface area contributed by atoms with E-state index in [4.69, 9.17) is 10.2 Å². The Morgan fingerprint density at radius 3 is 2.61 bits per heavy atom. The van der Waals surface area contributed by atoms with Gasteiger partial charge in [0.25, 0.3) is 0 Å². The molecule has 7 heteroatoms. The highest BCUT2D eigenvalue weighted by Crippen LogP contribution is 2.20. The van der Waals surface area contributed by atoms with Crippen LogP contribution < -0.4 is 10.5 Å². The molecular weight excluding hydrogens is 256 g/mol. The van der Waals surface area contributed by atoms with Crippen LogP contribution in [0.1, 0.15) is 6.42 Å². The fourth-order valence-electron chi connectivity index (χ4n) is 1.41. The summed E-state index contributed by atoms with van der Waals surface area (Å²) in [7, 11) is -3.90. The zero-order chi connectivity index (χ0) is 13.8. The standard InChI is InChI=1S/C11H14N2O4S/c1-2-5-9(11(14)15)13-8-6-3-4-7-10(8)18(12,16)17/h2-4,6-7,9,13H,1,5H2,(H,14,15)(H2,12,16,17). The number of para-hydroxylation sites is 1. The first kappa shape index (κ1) is 14.2. The van der Waals surface area contributed by atoms with Gasteiger partial charge in [-0.2, -0.15) is 0 Å². The quantitative estimate of drug-likeness (QED) is 0.661. The van der Waals surface area contributed by atoms with Gasteiger partial charge in [0.2, 0.25) is 10.0 Å². The van der Waals surface area contributed by atoms with Crippen LogP contribution in [0.5, 0.6) is 0 Å². The molecule has 0 heterocycles. The van der Waals surface area contributed by atoms with Crippen molar-refractivity contribution in [2.45, 2.75) is 17.4 Å². The van der Waals surface area contributed by atoms with E-state index in [1.807, 2.05) is 0 Å². The Bertz CT molecular complexity index is 554. The van der Waals surface area contributed by atoms with E-state index in [0.29, 0.717) is 0 Å². The fraction of sp³-hybridized carbons (Fsp3) is 0.182. The van der Waals surface area contributed by atoms with Crippen LogP contribution in [-0.4, -0.2) is 25.5 Å². The molecule has 1 aromatic rings. The summed E-state index contributed by atoms with van der Waals surface area (Å²) < 4.78 is 22.7. The number of carboxylic acid groups (broad SMARTS) is 1.